The lowest BCUT2D eigenvalue weighted by atomic mass is 10.1. The molecule has 3 heterocycles. The van der Waals surface area contributed by atoms with Crippen LogP contribution in [0, 0.1) is 0 Å². The minimum atomic E-state index is -0.223. The summed E-state index contributed by atoms with van der Waals surface area (Å²) in [6, 6.07) is 0. The number of aromatic amines is 1. The van der Waals surface area contributed by atoms with Crippen LogP contribution < -0.4 is 5.69 Å². The monoisotopic (exact) mass is 278 g/mol. The molecule has 3 rings (SSSR count). The van der Waals surface area contributed by atoms with E-state index in [9.17, 15) is 4.79 Å². The van der Waals surface area contributed by atoms with Crippen LogP contribution in [-0.2, 0) is 24.8 Å². The third kappa shape index (κ3) is 2.96. The van der Waals surface area contributed by atoms with Crippen LogP contribution in [0.25, 0.3) is 0 Å². The quantitative estimate of drug-likeness (QED) is 0.822. The molecular weight excluding hydrogens is 260 g/mol. The fourth-order valence-electron chi connectivity index (χ4n) is 2.39. The van der Waals surface area contributed by atoms with Gasteiger partial charge in [0.2, 0.25) is 0 Å². The predicted molar refractivity (Wildman–Crippen MR) is 70.2 cm³/mol. The van der Waals surface area contributed by atoms with Gasteiger partial charge in [0.05, 0.1) is 11.8 Å². The standard InChI is InChI=1S/C12H18N6O2/c1-17-12(19)13-11(15-17)8-18-7-9(14-16-18)4-5-10-3-2-6-20-10/h7,10H,2-6,8H2,1H3,(H,13,15,19). The maximum atomic E-state index is 11.3. The summed E-state index contributed by atoms with van der Waals surface area (Å²) in [4.78, 5) is 13.9. The number of rotatable bonds is 5. The summed E-state index contributed by atoms with van der Waals surface area (Å²) in [5, 5.41) is 12.2. The van der Waals surface area contributed by atoms with Gasteiger partial charge in [-0.2, -0.15) is 5.10 Å². The van der Waals surface area contributed by atoms with Gasteiger partial charge in [0.25, 0.3) is 0 Å². The molecule has 0 amide bonds. The maximum absolute atomic E-state index is 11.3. The summed E-state index contributed by atoms with van der Waals surface area (Å²) in [6.07, 6.45) is 6.41. The van der Waals surface area contributed by atoms with E-state index in [2.05, 4.69) is 20.4 Å². The molecule has 0 bridgehead atoms. The van der Waals surface area contributed by atoms with E-state index in [0.29, 0.717) is 18.5 Å². The van der Waals surface area contributed by atoms with E-state index in [1.807, 2.05) is 6.20 Å². The van der Waals surface area contributed by atoms with Crippen molar-refractivity contribution in [1.82, 2.24) is 29.8 Å². The maximum Gasteiger partial charge on any atom is 0.343 e. The Balaban J connectivity index is 1.57. The summed E-state index contributed by atoms with van der Waals surface area (Å²) in [5.74, 6) is 0.577. The zero-order chi connectivity index (χ0) is 13.9. The lowest BCUT2D eigenvalue weighted by Crippen LogP contribution is -2.13. The Morgan fingerprint density at radius 1 is 1.55 bits per heavy atom. The minimum Gasteiger partial charge on any atom is -0.378 e. The average molecular weight is 278 g/mol. The number of aromatic nitrogens is 6. The second-order valence-corrected chi connectivity index (χ2v) is 5.08. The number of hydrogen-bond acceptors (Lipinski definition) is 5. The molecule has 1 unspecified atom stereocenters. The molecule has 20 heavy (non-hydrogen) atoms. The molecule has 1 fully saturated rings. The van der Waals surface area contributed by atoms with E-state index in [0.717, 1.165) is 38.0 Å². The average Bonchev–Trinajstić information content (AvgIpc) is 3.11. The van der Waals surface area contributed by atoms with Gasteiger partial charge >= 0.3 is 5.69 Å². The Kier molecular flexibility index (Phi) is 3.64. The first kappa shape index (κ1) is 13.0. The first-order valence-electron chi connectivity index (χ1n) is 6.83. The first-order chi connectivity index (χ1) is 9.70. The SMILES string of the molecule is Cn1nc(Cn2cc(CCC3CCCO3)nn2)[nH]c1=O. The van der Waals surface area contributed by atoms with Crippen molar-refractivity contribution in [2.24, 2.45) is 7.05 Å². The highest BCUT2D eigenvalue weighted by atomic mass is 16.5. The summed E-state index contributed by atoms with van der Waals surface area (Å²) in [6.45, 7) is 1.30. The molecule has 1 N–H and O–H groups in total. The molecule has 8 nitrogen and oxygen atoms in total. The number of H-pyrrole nitrogens is 1. The number of nitrogens with zero attached hydrogens (tertiary/aromatic N) is 5. The fourth-order valence-corrected chi connectivity index (χ4v) is 2.39. The van der Waals surface area contributed by atoms with Gasteiger partial charge in [-0.05, 0) is 25.7 Å². The Morgan fingerprint density at radius 2 is 2.45 bits per heavy atom. The van der Waals surface area contributed by atoms with Gasteiger partial charge in [-0.3, -0.25) is 4.98 Å². The third-order valence-corrected chi connectivity index (χ3v) is 3.46. The Labute approximate surface area is 115 Å². The minimum absolute atomic E-state index is 0.223. The molecule has 8 heteroatoms. The largest absolute Gasteiger partial charge is 0.378 e. The van der Waals surface area contributed by atoms with Crippen LogP contribution in [0.1, 0.15) is 30.8 Å². The molecule has 0 aromatic carbocycles. The second-order valence-electron chi connectivity index (χ2n) is 5.08. The summed E-state index contributed by atoms with van der Waals surface area (Å²) >= 11 is 0. The molecule has 108 valence electrons. The van der Waals surface area contributed by atoms with Crippen molar-refractivity contribution in [2.45, 2.75) is 38.3 Å². The fraction of sp³-hybridized carbons (Fsp3) is 0.667. The number of hydrogen-bond donors (Lipinski definition) is 1. The summed E-state index contributed by atoms with van der Waals surface area (Å²) in [5.41, 5.74) is 0.720. The zero-order valence-electron chi connectivity index (χ0n) is 11.4. The highest BCUT2D eigenvalue weighted by molar-refractivity contribution is 4.95. The van der Waals surface area contributed by atoms with E-state index in [-0.39, 0.29) is 5.69 Å². The molecule has 1 aliphatic heterocycles. The van der Waals surface area contributed by atoms with Crippen molar-refractivity contribution in [3.8, 4) is 0 Å². The topological polar surface area (TPSA) is 90.6 Å². The molecular formula is C12H18N6O2. The van der Waals surface area contributed by atoms with Crippen LogP contribution in [0.15, 0.2) is 11.0 Å². The van der Waals surface area contributed by atoms with E-state index in [1.165, 1.54) is 4.68 Å². The van der Waals surface area contributed by atoms with Crippen molar-refractivity contribution in [3.63, 3.8) is 0 Å². The van der Waals surface area contributed by atoms with Crippen molar-refractivity contribution >= 4 is 0 Å². The smallest absolute Gasteiger partial charge is 0.343 e. The Hall–Kier alpha value is -1.96. The van der Waals surface area contributed by atoms with Crippen molar-refractivity contribution in [3.05, 3.63) is 28.2 Å². The van der Waals surface area contributed by atoms with Crippen LogP contribution in [0.3, 0.4) is 0 Å². The highest BCUT2D eigenvalue weighted by Crippen LogP contribution is 2.16. The van der Waals surface area contributed by atoms with Crippen LogP contribution in [0.5, 0.6) is 0 Å². The Bertz CT molecular complexity index is 622. The number of ether oxygens (including phenoxy) is 1. The summed E-state index contributed by atoms with van der Waals surface area (Å²) < 4.78 is 8.54. The Morgan fingerprint density at radius 3 is 3.15 bits per heavy atom. The number of aryl methyl sites for hydroxylation is 2. The van der Waals surface area contributed by atoms with Crippen molar-refractivity contribution < 1.29 is 4.74 Å². The molecule has 0 aliphatic carbocycles. The lowest BCUT2D eigenvalue weighted by molar-refractivity contribution is 0.104. The van der Waals surface area contributed by atoms with Gasteiger partial charge in [-0.15, -0.1) is 5.10 Å². The second kappa shape index (κ2) is 5.58. The van der Waals surface area contributed by atoms with Crippen LogP contribution >= 0.6 is 0 Å². The van der Waals surface area contributed by atoms with Gasteiger partial charge in [-0.1, -0.05) is 5.21 Å². The predicted octanol–water partition coefficient (Wildman–Crippen LogP) is -0.140. The molecule has 1 aliphatic rings. The van der Waals surface area contributed by atoms with Gasteiger partial charge in [0.1, 0.15) is 6.54 Å². The van der Waals surface area contributed by atoms with Crippen LogP contribution in [-0.4, -0.2) is 42.5 Å². The molecule has 2 aromatic rings. The molecule has 1 saturated heterocycles. The summed E-state index contributed by atoms with van der Waals surface area (Å²) in [7, 11) is 1.61. The van der Waals surface area contributed by atoms with Gasteiger partial charge in [0, 0.05) is 19.9 Å². The van der Waals surface area contributed by atoms with Crippen LogP contribution in [0.2, 0.25) is 0 Å². The normalized spacial score (nSPS) is 18.8. The van der Waals surface area contributed by atoms with E-state index >= 15 is 0 Å². The number of nitrogens with one attached hydrogen (secondary N) is 1. The lowest BCUT2D eigenvalue weighted by Gasteiger charge is -2.06. The molecule has 1 atom stereocenters. The van der Waals surface area contributed by atoms with Crippen molar-refractivity contribution in [2.75, 3.05) is 6.61 Å². The van der Waals surface area contributed by atoms with E-state index < -0.39 is 0 Å². The highest BCUT2D eigenvalue weighted by Gasteiger charge is 2.16. The molecule has 0 radical (unpaired) electrons. The van der Waals surface area contributed by atoms with E-state index in [4.69, 9.17) is 4.74 Å². The van der Waals surface area contributed by atoms with Crippen LogP contribution in [0.4, 0.5) is 0 Å². The molecule has 0 spiro atoms. The van der Waals surface area contributed by atoms with Gasteiger partial charge in [-0.25, -0.2) is 14.2 Å². The molecule has 2 aromatic heterocycles. The van der Waals surface area contributed by atoms with Crippen molar-refractivity contribution in [1.29, 1.82) is 0 Å². The van der Waals surface area contributed by atoms with Gasteiger partial charge in [0.15, 0.2) is 5.82 Å². The van der Waals surface area contributed by atoms with Gasteiger partial charge < -0.3 is 4.74 Å². The first-order valence-corrected chi connectivity index (χ1v) is 6.83. The molecule has 0 saturated carbocycles. The zero-order valence-corrected chi connectivity index (χ0v) is 11.4. The third-order valence-electron chi connectivity index (χ3n) is 3.46. The van der Waals surface area contributed by atoms with E-state index in [1.54, 1.807) is 11.7 Å².